The summed E-state index contributed by atoms with van der Waals surface area (Å²) in [6.45, 7) is 6.89. The quantitative estimate of drug-likeness (QED) is 0.636. The van der Waals surface area contributed by atoms with Crippen LogP contribution in [0.5, 0.6) is 5.75 Å². The van der Waals surface area contributed by atoms with E-state index in [1.165, 1.54) is 4.90 Å². The van der Waals surface area contributed by atoms with Gasteiger partial charge in [0, 0.05) is 33.2 Å². The van der Waals surface area contributed by atoms with Gasteiger partial charge in [0.05, 0.1) is 18.5 Å². The Morgan fingerprint density at radius 3 is 2.40 bits per heavy atom. The van der Waals surface area contributed by atoms with E-state index in [2.05, 4.69) is 15.5 Å². The first kappa shape index (κ1) is 26.5. The molecule has 35 heavy (non-hydrogen) atoms. The lowest BCUT2D eigenvalue weighted by molar-refractivity contribution is -0.138. The Morgan fingerprint density at radius 2 is 1.71 bits per heavy atom. The smallest absolute Gasteiger partial charge is 0.255 e. The van der Waals surface area contributed by atoms with Gasteiger partial charge in [-0.1, -0.05) is 26.0 Å². The number of hydrogen-bond acceptors (Lipinski definition) is 6. The Labute approximate surface area is 206 Å². The van der Waals surface area contributed by atoms with E-state index >= 15 is 0 Å². The number of nitrogens with one attached hydrogen (secondary N) is 2. The first-order valence-corrected chi connectivity index (χ1v) is 12.2. The van der Waals surface area contributed by atoms with Gasteiger partial charge >= 0.3 is 0 Å². The van der Waals surface area contributed by atoms with Crippen molar-refractivity contribution in [2.45, 2.75) is 38.8 Å². The second-order valence-corrected chi connectivity index (χ2v) is 9.71. The number of hydrogen-bond donors (Lipinski definition) is 2. The molecule has 192 valence electrons. The van der Waals surface area contributed by atoms with Gasteiger partial charge in [0.25, 0.3) is 5.91 Å². The third-order valence-electron chi connectivity index (χ3n) is 6.34. The second kappa shape index (κ2) is 12.0. The third kappa shape index (κ3) is 7.17. The molecule has 1 aromatic rings. The fraction of sp³-hybridized carbons (Fsp3) is 0.600. The summed E-state index contributed by atoms with van der Waals surface area (Å²) in [5.41, 5.74) is 0.271. The highest BCUT2D eigenvalue weighted by Crippen LogP contribution is 2.19. The number of amides is 4. The third-order valence-corrected chi connectivity index (χ3v) is 6.34. The molecule has 10 heteroatoms. The normalized spacial score (nSPS) is 23.2. The summed E-state index contributed by atoms with van der Waals surface area (Å²) >= 11 is 0. The number of para-hydroxylation sites is 1. The molecule has 10 nitrogen and oxygen atoms in total. The molecule has 1 saturated heterocycles. The number of benzene rings is 1. The van der Waals surface area contributed by atoms with Crippen molar-refractivity contribution < 1.29 is 23.9 Å². The van der Waals surface area contributed by atoms with Crippen LogP contribution in [0.4, 0.5) is 0 Å². The predicted octanol–water partition coefficient (Wildman–Crippen LogP) is 0.331. The molecular formula is C25H37N5O5. The predicted molar refractivity (Wildman–Crippen MR) is 131 cm³/mol. The molecule has 4 amide bonds. The van der Waals surface area contributed by atoms with Gasteiger partial charge < -0.3 is 30.1 Å². The molecule has 0 bridgehead atoms. The van der Waals surface area contributed by atoms with Gasteiger partial charge in [0.2, 0.25) is 17.7 Å². The van der Waals surface area contributed by atoms with Gasteiger partial charge in [-0.15, -0.1) is 0 Å². The molecule has 1 aromatic carbocycles. The number of ether oxygens (including phenoxy) is 1. The molecule has 0 spiro atoms. The zero-order valence-electron chi connectivity index (χ0n) is 21.1. The summed E-state index contributed by atoms with van der Waals surface area (Å²) in [5.74, 6) is -0.935. The molecule has 2 N–H and O–H groups in total. The van der Waals surface area contributed by atoms with E-state index in [4.69, 9.17) is 4.74 Å². The van der Waals surface area contributed by atoms with Crippen molar-refractivity contribution in [3.63, 3.8) is 0 Å². The molecule has 0 aliphatic carbocycles. The van der Waals surface area contributed by atoms with Crippen molar-refractivity contribution >= 4 is 23.6 Å². The highest BCUT2D eigenvalue weighted by atomic mass is 16.5. The Hall–Kier alpha value is -3.14. The molecule has 2 atom stereocenters. The largest absolute Gasteiger partial charge is 0.491 e. The molecule has 2 heterocycles. The van der Waals surface area contributed by atoms with Crippen molar-refractivity contribution in [3.8, 4) is 5.75 Å². The number of fused-ring (bicyclic) bond motifs is 1. The van der Waals surface area contributed by atoms with Crippen LogP contribution in [0.15, 0.2) is 24.3 Å². The summed E-state index contributed by atoms with van der Waals surface area (Å²) in [5, 5.41) is 5.57. The van der Waals surface area contributed by atoms with Gasteiger partial charge in [-0.3, -0.25) is 19.2 Å². The Bertz CT molecular complexity index is 929. The van der Waals surface area contributed by atoms with E-state index in [-0.39, 0.29) is 36.3 Å². The van der Waals surface area contributed by atoms with Crippen LogP contribution in [0.1, 0.15) is 37.0 Å². The number of piperazine rings is 1. The van der Waals surface area contributed by atoms with Gasteiger partial charge in [-0.05, 0) is 31.5 Å². The van der Waals surface area contributed by atoms with E-state index in [9.17, 15) is 19.2 Å². The molecule has 2 aliphatic heterocycles. The van der Waals surface area contributed by atoms with E-state index in [1.54, 1.807) is 36.2 Å². The van der Waals surface area contributed by atoms with Crippen molar-refractivity contribution in [2.75, 3.05) is 53.4 Å². The van der Waals surface area contributed by atoms with E-state index in [0.717, 1.165) is 0 Å². The monoisotopic (exact) mass is 487 g/mol. The second-order valence-electron chi connectivity index (χ2n) is 9.71. The lowest BCUT2D eigenvalue weighted by atomic mass is 10.0. The molecule has 2 aliphatic rings. The highest BCUT2D eigenvalue weighted by Gasteiger charge is 2.33. The number of likely N-dealkylation sites (N-methyl/N-ethyl adjacent to an activating group) is 2. The first-order chi connectivity index (χ1) is 16.7. The van der Waals surface area contributed by atoms with Crippen LogP contribution in [0, 0.1) is 5.92 Å². The molecule has 0 saturated carbocycles. The number of nitrogens with zero attached hydrogens (tertiary/aromatic N) is 3. The number of carbonyl (C=O) groups is 4. The number of carbonyl (C=O) groups excluding carboxylic acids is 4. The first-order valence-electron chi connectivity index (χ1n) is 12.2. The molecule has 0 unspecified atom stereocenters. The van der Waals surface area contributed by atoms with Crippen molar-refractivity contribution in [2.24, 2.45) is 5.92 Å². The molecule has 1 fully saturated rings. The topological polar surface area (TPSA) is 111 Å². The summed E-state index contributed by atoms with van der Waals surface area (Å²) in [7, 11) is 3.65. The fourth-order valence-corrected chi connectivity index (χ4v) is 4.26. The Kier molecular flexibility index (Phi) is 9.08. The minimum Gasteiger partial charge on any atom is -0.491 e. The van der Waals surface area contributed by atoms with Gasteiger partial charge in [0.15, 0.2) is 0 Å². The number of rotatable bonds is 3. The van der Waals surface area contributed by atoms with Crippen LogP contribution in [0.2, 0.25) is 0 Å². The summed E-state index contributed by atoms with van der Waals surface area (Å²) < 4.78 is 5.84. The van der Waals surface area contributed by atoms with E-state index in [1.807, 2.05) is 20.9 Å². The maximum Gasteiger partial charge on any atom is 0.255 e. The minimum absolute atomic E-state index is 0.169. The van der Waals surface area contributed by atoms with Crippen LogP contribution in [0.25, 0.3) is 0 Å². The standard InChI is InChI=1S/C25H37N5O5/c1-17(2)15-19-24(33)29(4)13-14-35-21-8-6-5-7-18(21)23(32)27-20(16-22(31)26-19)25(34)30-11-9-28(3)10-12-30/h5-8,17,19-20H,9-16H2,1-4H3,(H,26,31)(H,27,32)/t19-,20-/m0/s1. The van der Waals surface area contributed by atoms with E-state index in [0.29, 0.717) is 44.9 Å². The van der Waals surface area contributed by atoms with Crippen molar-refractivity contribution in [3.05, 3.63) is 29.8 Å². The van der Waals surface area contributed by atoms with Gasteiger partial charge in [-0.2, -0.15) is 0 Å². The average molecular weight is 488 g/mol. The van der Waals surface area contributed by atoms with Crippen LogP contribution >= 0.6 is 0 Å². The maximum atomic E-state index is 13.4. The lowest BCUT2D eigenvalue weighted by Crippen LogP contribution is -2.56. The highest BCUT2D eigenvalue weighted by molar-refractivity contribution is 6.01. The average Bonchev–Trinajstić information content (AvgIpc) is 2.82. The van der Waals surface area contributed by atoms with Crippen LogP contribution in [-0.4, -0.2) is 104 Å². The minimum atomic E-state index is -1.06. The summed E-state index contributed by atoms with van der Waals surface area (Å²) in [6, 6.07) is 4.96. The van der Waals surface area contributed by atoms with Crippen molar-refractivity contribution in [1.29, 1.82) is 0 Å². The fourth-order valence-electron chi connectivity index (χ4n) is 4.26. The maximum absolute atomic E-state index is 13.4. The SMILES string of the molecule is CC(C)C[C@@H]1NC(=O)C[C@@H](C(=O)N2CCN(C)CC2)NC(=O)c2ccccc2OCCN(C)C1=O. The van der Waals surface area contributed by atoms with Crippen LogP contribution < -0.4 is 15.4 Å². The zero-order valence-corrected chi connectivity index (χ0v) is 21.1. The summed E-state index contributed by atoms with van der Waals surface area (Å²) in [4.78, 5) is 58.0. The summed E-state index contributed by atoms with van der Waals surface area (Å²) in [6.07, 6.45) is 0.202. The Morgan fingerprint density at radius 1 is 1.03 bits per heavy atom. The lowest BCUT2D eigenvalue weighted by Gasteiger charge is -2.35. The van der Waals surface area contributed by atoms with E-state index < -0.39 is 23.9 Å². The van der Waals surface area contributed by atoms with Crippen LogP contribution in [0.3, 0.4) is 0 Å². The molecular weight excluding hydrogens is 450 g/mol. The molecule has 0 radical (unpaired) electrons. The van der Waals surface area contributed by atoms with Crippen molar-refractivity contribution in [1.82, 2.24) is 25.3 Å². The van der Waals surface area contributed by atoms with Crippen LogP contribution in [-0.2, 0) is 14.4 Å². The van der Waals surface area contributed by atoms with Gasteiger partial charge in [0.1, 0.15) is 24.4 Å². The molecule has 3 rings (SSSR count). The Balaban J connectivity index is 1.90. The van der Waals surface area contributed by atoms with Gasteiger partial charge in [-0.25, -0.2) is 0 Å². The zero-order chi connectivity index (χ0) is 25.5. The molecule has 0 aromatic heterocycles.